The van der Waals surface area contributed by atoms with Crippen LogP contribution in [0.3, 0.4) is 0 Å². The quantitative estimate of drug-likeness (QED) is 0.804. The fourth-order valence-corrected chi connectivity index (χ4v) is 2.32. The summed E-state index contributed by atoms with van der Waals surface area (Å²) in [6.45, 7) is 3.28. The van der Waals surface area contributed by atoms with Gasteiger partial charge in [-0.2, -0.15) is 0 Å². The zero-order valence-corrected chi connectivity index (χ0v) is 12.0. The molecule has 0 atom stereocenters. The molecular formula is C12H18N2O4S. The number of nitrogens with zero attached hydrogens (tertiary/aromatic N) is 1. The highest BCUT2D eigenvalue weighted by Gasteiger charge is 2.22. The Kier molecular flexibility index (Phi) is 5.04. The molecule has 1 aromatic rings. The first-order valence-corrected chi connectivity index (χ1v) is 7.54. The van der Waals surface area contributed by atoms with Crippen LogP contribution in [0.15, 0.2) is 18.2 Å². The average molecular weight is 286 g/mol. The van der Waals surface area contributed by atoms with Crippen molar-refractivity contribution in [3.8, 4) is 0 Å². The zero-order chi connectivity index (χ0) is 14.6. The van der Waals surface area contributed by atoms with Crippen LogP contribution < -0.4 is 5.73 Å². The first-order chi connectivity index (χ1) is 8.75. The standard InChI is InChI=1S/C12H18N2O4S/c1-9-5-4-6-11(12(9)7-13)8-14(18-10(2)15)19(3,16)17/h4-6H,7-8,13H2,1-3H3. The second-order valence-corrected chi connectivity index (χ2v) is 6.10. The maximum Gasteiger partial charge on any atom is 0.323 e. The summed E-state index contributed by atoms with van der Waals surface area (Å²) >= 11 is 0. The van der Waals surface area contributed by atoms with Gasteiger partial charge in [0, 0.05) is 13.5 Å². The van der Waals surface area contributed by atoms with Gasteiger partial charge < -0.3 is 10.6 Å². The van der Waals surface area contributed by atoms with Gasteiger partial charge in [-0.3, -0.25) is 4.79 Å². The molecule has 1 aromatic carbocycles. The van der Waals surface area contributed by atoms with E-state index in [1.807, 2.05) is 13.0 Å². The number of aryl methyl sites for hydroxylation is 1. The highest BCUT2D eigenvalue weighted by Crippen LogP contribution is 2.17. The summed E-state index contributed by atoms with van der Waals surface area (Å²) < 4.78 is 23.8. The van der Waals surface area contributed by atoms with E-state index in [4.69, 9.17) is 10.6 Å². The van der Waals surface area contributed by atoms with E-state index in [0.717, 1.165) is 24.3 Å². The van der Waals surface area contributed by atoms with Crippen molar-refractivity contribution in [2.45, 2.75) is 26.9 Å². The predicted molar refractivity (Wildman–Crippen MR) is 71.2 cm³/mol. The van der Waals surface area contributed by atoms with E-state index in [1.165, 1.54) is 0 Å². The van der Waals surface area contributed by atoms with Crippen molar-refractivity contribution in [3.05, 3.63) is 34.9 Å². The molecule has 0 saturated heterocycles. The fourth-order valence-electron chi connectivity index (χ4n) is 1.70. The summed E-state index contributed by atoms with van der Waals surface area (Å²) in [4.78, 5) is 15.7. The van der Waals surface area contributed by atoms with Crippen LogP contribution in [-0.2, 0) is 32.7 Å². The molecule has 0 radical (unpaired) electrons. The van der Waals surface area contributed by atoms with E-state index in [-0.39, 0.29) is 6.54 Å². The molecule has 0 aliphatic rings. The Morgan fingerprint density at radius 3 is 2.53 bits per heavy atom. The van der Waals surface area contributed by atoms with Gasteiger partial charge >= 0.3 is 5.97 Å². The highest BCUT2D eigenvalue weighted by atomic mass is 32.2. The predicted octanol–water partition coefficient (Wildman–Crippen LogP) is 0.693. The van der Waals surface area contributed by atoms with Crippen LogP contribution in [0.1, 0.15) is 23.6 Å². The lowest BCUT2D eigenvalue weighted by Gasteiger charge is -2.20. The Balaban J connectivity index is 3.10. The highest BCUT2D eigenvalue weighted by molar-refractivity contribution is 7.88. The number of benzene rings is 1. The molecule has 0 bridgehead atoms. The summed E-state index contributed by atoms with van der Waals surface area (Å²) in [6, 6.07) is 5.46. The summed E-state index contributed by atoms with van der Waals surface area (Å²) in [6.07, 6.45) is 0.980. The Morgan fingerprint density at radius 2 is 2.05 bits per heavy atom. The molecule has 0 aromatic heterocycles. The zero-order valence-electron chi connectivity index (χ0n) is 11.2. The smallest absolute Gasteiger partial charge is 0.323 e. The lowest BCUT2D eigenvalue weighted by molar-refractivity contribution is -0.167. The first kappa shape index (κ1) is 15.6. The van der Waals surface area contributed by atoms with Crippen LogP contribution in [0, 0.1) is 6.92 Å². The van der Waals surface area contributed by atoms with Gasteiger partial charge in [0.1, 0.15) is 0 Å². The van der Waals surface area contributed by atoms with Gasteiger partial charge in [-0.05, 0) is 28.1 Å². The SMILES string of the molecule is CC(=O)ON(Cc1cccc(C)c1CN)S(C)(=O)=O. The van der Waals surface area contributed by atoms with Gasteiger partial charge in [0.05, 0.1) is 12.8 Å². The molecular weight excluding hydrogens is 268 g/mol. The van der Waals surface area contributed by atoms with E-state index < -0.39 is 16.0 Å². The van der Waals surface area contributed by atoms with Gasteiger partial charge in [0.2, 0.25) is 10.0 Å². The lowest BCUT2D eigenvalue weighted by atomic mass is 10.0. The molecule has 0 heterocycles. The molecule has 19 heavy (non-hydrogen) atoms. The summed E-state index contributed by atoms with van der Waals surface area (Å²) in [7, 11) is -3.65. The largest absolute Gasteiger partial charge is 0.353 e. The normalized spacial score (nSPS) is 11.6. The lowest BCUT2D eigenvalue weighted by Crippen LogP contribution is -2.32. The first-order valence-electron chi connectivity index (χ1n) is 5.69. The Morgan fingerprint density at radius 1 is 1.42 bits per heavy atom. The Hall–Kier alpha value is -1.44. The molecule has 0 spiro atoms. The number of hydrogen-bond acceptors (Lipinski definition) is 5. The minimum Gasteiger partial charge on any atom is -0.353 e. The molecule has 6 nitrogen and oxygen atoms in total. The minimum atomic E-state index is -3.65. The van der Waals surface area contributed by atoms with Gasteiger partial charge in [0.25, 0.3) is 0 Å². The molecule has 7 heteroatoms. The number of hydrogen-bond donors (Lipinski definition) is 1. The molecule has 0 fully saturated rings. The molecule has 1 rings (SSSR count). The van der Waals surface area contributed by atoms with Gasteiger partial charge in [0.15, 0.2) is 0 Å². The van der Waals surface area contributed by atoms with Gasteiger partial charge in [-0.1, -0.05) is 18.2 Å². The molecule has 0 aliphatic heterocycles. The number of carbonyl (C=O) groups is 1. The van der Waals surface area contributed by atoms with Gasteiger partial charge in [-0.15, -0.1) is 0 Å². The van der Waals surface area contributed by atoms with E-state index in [1.54, 1.807) is 12.1 Å². The van der Waals surface area contributed by atoms with E-state index >= 15 is 0 Å². The van der Waals surface area contributed by atoms with Crippen molar-refractivity contribution in [1.82, 2.24) is 4.47 Å². The van der Waals surface area contributed by atoms with Crippen LogP contribution in [-0.4, -0.2) is 25.1 Å². The Labute approximate surface area is 113 Å². The second kappa shape index (κ2) is 6.14. The van der Waals surface area contributed by atoms with E-state index in [9.17, 15) is 13.2 Å². The van der Waals surface area contributed by atoms with Crippen LogP contribution in [0.25, 0.3) is 0 Å². The average Bonchev–Trinajstić information content (AvgIpc) is 2.26. The van der Waals surface area contributed by atoms with Crippen LogP contribution >= 0.6 is 0 Å². The van der Waals surface area contributed by atoms with Crippen molar-refractivity contribution in [2.75, 3.05) is 6.26 Å². The summed E-state index contributed by atoms with van der Waals surface area (Å²) in [5.74, 6) is -0.688. The number of nitrogens with two attached hydrogens (primary N) is 1. The third-order valence-electron chi connectivity index (χ3n) is 2.61. The van der Waals surface area contributed by atoms with Crippen molar-refractivity contribution < 1.29 is 18.0 Å². The molecule has 2 N–H and O–H groups in total. The summed E-state index contributed by atoms with van der Waals surface area (Å²) in [5, 5.41) is 0. The minimum absolute atomic E-state index is 0.0490. The number of hydroxylamine groups is 1. The maximum absolute atomic E-state index is 11.6. The van der Waals surface area contributed by atoms with E-state index in [2.05, 4.69) is 0 Å². The molecule has 106 valence electrons. The van der Waals surface area contributed by atoms with Crippen LogP contribution in [0.5, 0.6) is 0 Å². The van der Waals surface area contributed by atoms with Crippen molar-refractivity contribution in [1.29, 1.82) is 0 Å². The Bertz CT molecular complexity index is 569. The number of sulfonamides is 1. The summed E-state index contributed by atoms with van der Waals surface area (Å²) in [5.41, 5.74) is 8.20. The fraction of sp³-hybridized carbons (Fsp3) is 0.417. The van der Waals surface area contributed by atoms with Crippen LogP contribution in [0.2, 0.25) is 0 Å². The second-order valence-electron chi connectivity index (χ2n) is 4.22. The molecule has 0 amide bonds. The van der Waals surface area contributed by atoms with Crippen LogP contribution in [0.4, 0.5) is 0 Å². The third-order valence-corrected chi connectivity index (χ3v) is 3.55. The topological polar surface area (TPSA) is 89.7 Å². The third kappa shape index (κ3) is 4.30. The van der Waals surface area contributed by atoms with Gasteiger partial charge in [-0.25, -0.2) is 8.42 Å². The molecule has 0 unspecified atom stereocenters. The van der Waals surface area contributed by atoms with Crippen molar-refractivity contribution in [3.63, 3.8) is 0 Å². The number of carbonyl (C=O) groups excluding carboxylic acids is 1. The van der Waals surface area contributed by atoms with Crippen molar-refractivity contribution in [2.24, 2.45) is 5.73 Å². The van der Waals surface area contributed by atoms with E-state index in [0.29, 0.717) is 16.6 Å². The monoisotopic (exact) mass is 286 g/mol. The maximum atomic E-state index is 11.6. The molecule has 0 saturated carbocycles. The van der Waals surface area contributed by atoms with Crippen molar-refractivity contribution >= 4 is 16.0 Å². The molecule has 0 aliphatic carbocycles. The number of rotatable bonds is 5.